The van der Waals surface area contributed by atoms with Gasteiger partial charge < -0.3 is 5.73 Å². The van der Waals surface area contributed by atoms with Crippen LogP contribution in [0.2, 0.25) is 0 Å². The van der Waals surface area contributed by atoms with Gasteiger partial charge in [0.05, 0.1) is 0 Å². The molecule has 14 heavy (non-hydrogen) atoms. The van der Waals surface area contributed by atoms with Gasteiger partial charge in [0.15, 0.2) is 0 Å². The van der Waals surface area contributed by atoms with E-state index >= 15 is 0 Å². The molecular formula is C11H25ClN2. The van der Waals surface area contributed by atoms with Gasteiger partial charge in [-0.25, -0.2) is 0 Å². The molecule has 86 valence electrons. The summed E-state index contributed by atoms with van der Waals surface area (Å²) in [6.07, 6.45) is 4.12. The van der Waals surface area contributed by atoms with Crippen LogP contribution in [-0.2, 0) is 0 Å². The highest BCUT2D eigenvalue weighted by atomic mass is 35.5. The quantitative estimate of drug-likeness (QED) is 0.774. The second-order valence-corrected chi connectivity index (χ2v) is 4.82. The number of hydrogen-bond donors (Lipinski definition) is 1. The highest BCUT2D eigenvalue weighted by molar-refractivity contribution is 5.85. The molecular weight excluding hydrogens is 196 g/mol. The van der Waals surface area contributed by atoms with E-state index in [9.17, 15) is 0 Å². The van der Waals surface area contributed by atoms with Crippen LogP contribution in [0.1, 0.15) is 40.0 Å². The summed E-state index contributed by atoms with van der Waals surface area (Å²) in [7, 11) is 0. The third-order valence-corrected chi connectivity index (χ3v) is 3.01. The molecule has 0 radical (unpaired) electrons. The van der Waals surface area contributed by atoms with E-state index in [2.05, 4.69) is 25.7 Å². The Morgan fingerprint density at radius 3 is 2.57 bits per heavy atom. The minimum Gasteiger partial charge on any atom is -0.327 e. The molecule has 1 aliphatic heterocycles. The number of likely N-dealkylation sites (tertiary alicyclic amines) is 1. The monoisotopic (exact) mass is 220 g/mol. The summed E-state index contributed by atoms with van der Waals surface area (Å²) in [6, 6.07) is 1.05. The summed E-state index contributed by atoms with van der Waals surface area (Å²) in [5.41, 5.74) is 5.84. The minimum absolute atomic E-state index is 0. The number of halogens is 1. The Labute approximate surface area is 94.6 Å². The van der Waals surface area contributed by atoms with E-state index < -0.39 is 0 Å². The molecule has 1 heterocycles. The van der Waals surface area contributed by atoms with Crippen molar-refractivity contribution < 1.29 is 0 Å². The fourth-order valence-electron chi connectivity index (χ4n) is 2.24. The Hall–Kier alpha value is 0.210. The van der Waals surface area contributed by atoms with Gasteiger partial charge >= 0.3 is 0 Å². The largest absolute Gasteiger partial charge is 0.327 e. The van der Waals surface area contributed by atoms with Gasteiger partial charge in [-0.2, -0.15) is 0 Å². The Morgan fingerprint density at radius 2 is 2.00 bits per heavy atom. The lowest BCUT2D eigenvalue weighted by molar-refractivity contribution is 0.186. The molecule has 3 atom stereocenters. The van der Waals surface area contributed by atoms with E-state index in [0.717, 1.165) is 18.5 Å². The van der Waals surface area contributed by atoms with Crippen molar-refractivity contribution in [3.8, 4) is 0 Å². The summed E-state index contributed by atoms with van der Waals surface area (Å²) in [6.45, 7) is 9.09. The fraction of sp³-hybridized carbons (Fsp3) is 1.00. The van der Waals surface area contributed by atoms with Gasteiger partial charge in [0.25, 0.3) is 0 Å². The van der Waals surface area contributed by atoms with Crippen LogP contribution in [0, 0.1) is 5.92 Å². The second-order valence-electron chi connectivity index (χ2n) is 4.82. The first-order valence-electron chi connectivity index (χ1n) is 5.59. The molecule has 0 aromatic heterocycles. The van der Waals surface area contributed by atoms with Gasteiger partial charge in [-0.05, 0) is 32.6 Å². The average molecular weight is 221 g/mol. The van der Waals surface area contributed by atoms with Crippen molar-refractivity contribution >= 4 is 12.4 Å². The zero-order chi connectivity index (χ0) is 9.84. The van der Waals surface area contributed by atoms with Crippen molar-refractivity contribution in [2.24, 2.45) is 11.7 Å². The zero-order valence-corrected chi connectivity index (χ0v) is 10.5. The van der Waals surface area contributed by atoms with Crippen LogP contribution >= 0.6 is 12.4 Å². The summed E-state index contributed by atoms with van der Waals surface area (Å²) in [5, 5.41) is 0. The maximum absolute atomic E-state index is 5.84. The standard InChI is InChI=1S/C11H24N2.ClH/c1-9-5-4-6-11(3)13(7-9)8-10(2)12;/h9-11H,4-8,12H2,1-3H3;1H. The lowest BCUT2D eigenvalue weighted by Gasteiger charge is -2.29. The van der Waals surface area contributed by atoms with E-state index in [-0.39, 0.29) is 12.4 Å². The third kappa shape index (κ3) is 4.63. The first-order valence-corrected chi connectivity index (χ1v) is 5.59. The van der Waals surface area contributed by atoms with E-state index in [1.807, 2.05) is 0 Å². The molecule has 0 amide bonds. The van der Waals surface area contributed by atoms with Gasteiger partial charge in [0, 0.05) is 25.2 Å². The van der Waals surface area contributed by atoms with Crippen molar-refractivity contribution in [2.75, 3.05) is 13.1 Å². The molecule has 1 aliphatic rings. The summed E-state index contributed by atoms with van der Waals surface area (Å²) in [5.74, 6) is 0.851. The van der Waals surface area contributed by atoms with Crippen LogP contribution in [0.25, 0.3) is 0 Å². The normalized spacial score (nSPS) is 31.7. The molecule has 3 unspecified atom stereocenters. The molecule has 1 rings (SSSR count). The average Bonchev–Trinajstić information content (AvgIpc) is 2.14. The van der Waals surface area contributed by atoms with Crippen molar-refractivity contribution in [3.05, 3.63) is 0 Å². The zero-order valence-electron chi connectivity index (χ0n) is 9.70. The maximum atomic E-state index is 5.84. The lowest BCUT2D eigenvalue weighted by Crippen LogP contribution is -2.42. The number of hydrogen-bond acceptors (Lipinski definition) is 2. The molecule has 2 nitrogen and oxygen atoms in total. The molecule has 0 saturated carbocycles. The molecule has 0 aliphatic carbocycles. The third-order valence-electron chi connectivity index (χ3n) is 3.01. The van der Waals surface area contributed by atoms with Crippen LogP contribution in [0.3, 0.4) is 0 Å². The Kier molecular flexibility index (Phi) is 6.75. The maximum Gasteiger partial charge on any atom is 0.0139 e. The molecule has 2 N–H and O–H groups in total. The summed E-state index contributed by atoms with van der Waals surface area (Å²) < 4.78 is 0. The Morgan fingerprint density at radius 1 is 1.36 bits per heavy atom. The Bertz CT molecular complexity index is 150. The number of rotatable bonds is 2. The first kappa shape index (κ1) is 14.2. The van der Waals surface area contributed by atoms with E-state index in [4.69, 9.17) is 5.73 Å². The molecule has 0 spiro atoms. The Balaban J connectivity index is 0.00000169. The number of nitrogens with zero attached hydrogens (tertiary/aromatic N) is 1. The van der Waals surface area contributed by atoms with Crippen LogP contribution in [0.4, 0.5) is 0 Å². The van der Waals surface area contributed by atoms with Crippen molar-refractivity contribution in [3.63, 3.8) is 0 Å². The molecule has 1 saturated heterocycles. The van der Waals surface area contributed by atoms with Crippen LogP contribution < -0.4 is 5.73 Å². The van der Waals surface area contributed by atoms with Crippen molar-refractivity contribution in [2.45, 2.75) is 52.1 Å². The topological polar surface area (TPSA) is 29.3 Å². The summed E-state index contributed by atoms with van der Waals surface area (Å²) >= 11 is 0. The van der Waals surface area contributed by atoms with Crippen molar-refractivity contribution in [1.82, 2.24) is 4.90 Å². The van der Waals surface area contributed by atoms with E-state index in [0.29, 0.717) is 6.04 Å². The van der Waals surface area contributed by atoms with Crippen LogP contribution in [-0.4, -0.2) is 30.1 Å². The highest BCUT2D eigenvalue weighted by Crippen LogP contribution is 2.20. The molecule has 0 aromatic carbocycles. The SMILES string of the molecule is CC(N)CN1CC(C)CCCC1C.Cl. The highest BCUT2D eigenvalue weighted by Gasteiger charge is 2.20. The van der Waals surface area contributed by atoms with E-state index in [1.54, 1.807) is 0 Å². The van der Waals surface area contributed by atoms with Crippen LogP contribution in [0.5, 0.6) is 0 Å². The molecule has 0 bridgehead atoms. The first-order chi connectivity index (χ1) is 6.09. The summed E-state index contributed by atoms with van der Waals surface area (Å²) in [4.78, 5) is 2.56. The van der Waals surface area contributed by atoms with Gasteiger partial charge in [0.2, 0.25) is 0 Å². The van der Waals surface area contributed by atoms with Crippen molar-refractivity contribution in [1.29, 1.82) is 0 Å². The van der Waals surface area contributed by atoms with Gasteiger partial charge in [0.1, 0.15) is 0 Å². The minimum atomic E-state index is 0. The second kappa shape index (κ2) is 6.65. The van der Waals surface area contributed by atoms with Gasteiger partial charge in [-0.1, -0.05) is 13.3 Å². The predicted octanol–water partition coefficient (Wildman–Crippen LogP) is 2.27. The molecule has 0 aromatic rings. The molecule has 3 heteroatoms. The van der Waals surface area contributed by atoms with E-state index in [1.165, 1.54) is 25.8 Å². The van der Waals surface area contributed by atoms with Gasteiger partial charge in [-0.3, -0.25) is 4.90 Å². The number of nitrogens with two attached hydrogens (primary N) is 1. The van der Waals surface area contributed by atoms with Crippen LogP contribution in [0.15, 0.2) is 0 Å². The van der Waals surface area contributed by atoms with Gasteiger partial charge in [-0.15, -0.1) is 12.4 Å². The predicted molar refractivity (Wildman–Crippen MR) is 64.9 cm³/mol. The smallest absolute Gasteiger partial charge is 0.0139 e. The fourth-order valence-corrected chi connectivity index (χ4v) is 2.24. The molecule has 1 fully saturated rings. The lowest BCUT2D eigenvalue weighted by atomic mass is 10.1.